The second kappa shape index (κ2) is 5.19. The van der Waals surface area contributed by atoms with Crippen molar-refractivity contribution >= 4 is 10.0 Å². The third kappa shape index (κ3) is 3.11. The molecule has 1 fully saturated rings. The fourth-order valence-corrected chi connectivity index (χ4v) is 3.02. The van der Waals surface area contributed by atoms with E-state index in [0.29, 0.717) is 11.7 Å². The Morgan fingerprint density at radius 3 is 2.86 bits per heavy atom. The summed E-state index contributed by atoms with van der Waals surface area (Å²) in [5, 5.41) is 6.78. The molecule has 0 spiro atoms. The van der Waals surface area contributed by atoms with Gasteiger partial charge in [0, 0.05) is 5.92 Å². The van der Waals surface area contributed by atoms with Gasteiger partial charge in [-0.15, -0.1) is 0 Å². The van der Waals surface area contributed by atoms with Gasteiger partial charge in [0.15, 0.2) is 5.82 Å². The smallest absolute Gasteiger partial charge is 0.240 e. The minimum absolute atomic E-state index is 0.0263. The van der Waals surface area contributed by atoms with Crippen LogP contribution in [-0.4, -0.2) is 23.6 Å². The Hall–Kier alpha value is -1.80. The molecule has 1 saturated carbocycles. The molecule has 1 aliphatic carbocycles. The second-order valence-electron chi connectivity index (χ2n) is 5.15. The van der Waals surface area contributed by atoms with Crippen LogP contribution < -0.4 is 4.72 Å². The molecule has 1 aromatic heterocycles. The summed E-state index contributed by atoms with van der Waals surface area (Å²) < 4.78 is 39.9. The third-order valence-electron chi connectivity index (χ3n) is 3.36. The summed E-state index contributed by atoms with van der Waals surface area (Å²) in [5.74, 6) is 1.19. The SMILES string of the molecule is Cc1cc(S(=O)(=O)NCc2nc(C3CC3)n[nH]2)ccc1F. The third-order valence-corrected chi connectivity index (χ3v) is 4.76. The van der Waals surface area contributed by atoms with Crippen LogP contribution in [0.15, 0.2) is 23.1 Å². The van der Waals surface area contributed by atoms with E-state index in [1.165, 1.54) is 19.1 Å². The number of benzene rings is 1. The van der Waals surface area contributed by atoms with Gasteiger partial charge in [-0.3, -0.25) is 5.10 Å². The lowest BCUT2D eigenvalue weighted by atomic mass is 10.2. The summed E-state index contributed by atoms with van der Waals surface area (Å²) in [6, 6.07) is 3.68. The Morgan fingerprint density at radius 2 is 2.19 bits per heavy atom. The van der Waals surface area contributed by atoms with Gasteiger partial charge in [-0.1, -0.05) is 0 Å². The summed E-state index contributed by atoms with van der Waals surface area (Å²) in [6.45, 7) is 1.55. The summed E-state index contributed by atoms with van der Waals surface area (Å²) in [4.78, 5) is 4.28. The van der Waals surface area contributed by atoms with Crippen molar-refractivity contribution in [3.63, 3.8) is 0 Å². The van der Waals surface area contributed by atoms with Gasteiger partial charge < -0.3 is 0 Å². The average molecular weight is 310 g/mol. The summed E-state index contributed by atoms with van der Waals surface area (Å²) in [6.07, 6.45) is 2.16. The monoisotopic (exact) mass is 310 g/mol. The molecule has 6 nitrogen and oxygen atoms in total. The highest BCUT2D eigenvalue weighted by Crippen LogP contribution is 2.37. The van der Waals surface area contributed by atoms with Crippen LogP contribution >= 0.6 is 0 Å². The van der Waals surface area contributed by atoms with E-state index >= 15 is 0 Å². The number of H-pyrrole nitrogens is 1. The summed E-state index contributed by atoms with van der Waals surface area (Å²) in [5.41, 5.74) is 0.286. The quantitative estimate of drug-likeness (QED) is 0.878. The molecule has 0 aliphatic heterocycles. The molecule has 0 unspecified atom stereocenters. The fourth-order valence-electron chi connectivity index (χ4n) is 1.94. The van der Waals surface area contributed by atoms with Gasteiger partial charge in [0.1, 0.15) is 11.6 Å². The van der Waals surface area contributed by atoms with E-state index in [0.717, 1.165) is 24.7 Å². The van der Waals surface area contributed by atoms with Gasteiger partial charge in [-0.05, 0) is 43.5 Å². The first-order valence-electron chi connectivity index (χ1n) is 6.63. The first-order chi connectivity index (χ1) is 9.95. The topological polar surface area (TPSA) is 87.7 Å². The maximum absolute atomic E-state index is 13.2. The van der Waals surface area contributed by atoms with Crippen LogP contribution in [0.5, 0.6) is 0 Å². The predicted molar refractivity (Wildman–Crippen MR) is 73.5 cm³/mol. The molecule has 0 radical (unpaired) electrons. The zero-order valence-corrected chi connectivity index (χ0v) is 12.2. The fraction of sp³-hybridized carbons (Fsp3) is 0.385. The normalized spacial score (nSPS) is 15.3. The highest BCUT2D eigenvalue weighted by Gasteiger charge is 2.27. The van der Waals surface area contributed by atoms with Crippen molar-refractivity contribution in [2.75, 3.05) is 0 Å². The lowest BCUT2D eigenvalue weighted by Crippen LogP contribution is -2.24. The standard InChI is InChI=1S/C13H15FN4O2S/c1-8-6-10(4-5-11(8)14)21(19,20)15-7-12-16-13(18-17-12)9-2-3-9/h4-6,9,15H,2-3,7H2,1H3,(H,16,17,18). The Kier molecular flexibility index (Phi) is 3.50. The van der Waals surface area contributed by atoms with Crippen molar-refractivity contribution in [3.8, 4) is 0 Å². The number of nitrogens with zero attached hydrogens (tertiary/aromatic N) is 2. The molecular weight excluding hydrogens is 295 g/mol. The number of aryl methyl sites for hydroxylation is 1. The van der Waals surface area contributed by atoms with Crippen LogP contribution in [0, 0.1) is 12.7 Å². The summed E-state index contributed by atoms with van der Waals surface area (Å²) in [7, 11) is -3.70. The highest BCUT2D eigenvalue weighted by atomic mass is 32.2. The molecule has 3 rings (SSSR count). The maximum atomic E-state index is 13.2. The Balaban J connectivity index is 1.71. The van der Waals surface area contributed by atoms with Crippen molar-refractivity contribution in [2.24, 2.45) is 0 Å². The number of rotatable bonds is 5. The number of halogens is 1. The molecule has 1 heterocycles. The lowest BCUT2D eigenvalue weighted by Gasteiger charge is -2.06. The van der Waals surface area contributed by atoms with Crippen molar-refractivity contribution in [3.05, 3.63) is 41.2 Å². The molecule has 1 aliphatic rings. The Morgan fingerprint density at radius 1 is 1.43 bits per heavy atom. The molecule has 0 bridgehead atoms. The molecule has 21 heavy (non-hydrogen) atoms. The lowest BCUT2D eigenvalue weighted by molar-refractivity contribution is 0.578. The molecule has 0 amide bonds. The van der Waals surface area contributed by atoms with Gasteiger partial charge in [0.05, 0.1) is 11.4 Å². The number of sulfonamides is 1. The maximum Gasteiger partial charge on any atom is 0.240 e. The predicted octanol–water partition coefficient (Wildman–Crippen LogP) is 1.61. The van der Waals surface area contributed by atoms with Crippen LogP contribution in [0.25, 0.3) is 0 Å². The zero-order chi connectivity index (χ0) is 15.0. The van der Waals surface area contributed by atoms with Gasteiger partial charge in [-0.2, -0.15) is 5.10 Å². The Bertz CT molecular complexity index is 768. The molecule has 2 N–H and O–H groups in total. The van der Waals surface area contributed by atoms with E-state index in [-0.39, 0.29) is 17.0 Å². The number of nitrogens with one attached hydrogen (secondary N) is 2. The van der Waals surface area contributed by atoms with Crippen LogP contribution in [-0.2, 0) is 16.6 Å². The minimum atomic E-state index is -3.70. The van der Waals surface area contributed by atoms with Crippen molar-refractivity contribution in [2.45, 2.75) is 37.1 Å². The molecule has 8 heteroatoms. The molecule has 1 aromatic carbocycles. The van der Waals surface area contributed by atoms with Crippen molar-refractivity contribution < 1.29 is 12.8 Å². The molecule has 0 saturated heterocycles. The van der Waals surface area contributed by atoms with Gasteiger partial charge in [0.2, 0.25) is 10.0 Å². The van der Waals surface area contributed by atoms with Gasteiger partial charge >= 0.3 is 0 Å². The van der Waals surface area contributed by atoms with E-state index < -0.39 is 15.8 Å². The van der Waals surface area contributed by atoms with Gasteiger partial charge in [-0.25, -0.2) is 22.5 Å². The zero-order valence-electron chi connectivity index (χ0n) is 11.4. The van der Waals surface area contributed by atoms with Crippen LogP contribution in [0.1, 0.15) is 36.0 Å². The molecular formula is C13H15FN4O2S. The van der Waals surface area contributed by atoms with Crippen LogP contribution in [0.2, 0.25) is 0 Å². The average Bonchev–Trinajstić information content (AvgIpc) is 3.19. The van der Waals surface area contributed by atoms with Crippen molar-refractivity contribution in [1.82, 2.24) is 19.9 Å². The second-order valence-corrected chi connectivity index (χ2v) is 6.92. The number of hydrogen-bond acceptors (Lipinski definition) is 4. The number of aromatic amines is 1. The van der Waals surface area contributed by atoms with E-state index in [4.69, 9.17) is 0 Å². The molecule has 0 atom stereocenters. The number of aromatic nitrogens is 3. The largest absolute Gasteiger partial charge is 0.262 e. The van der Waals surface area contributed by atoms with E-state index in [1.807, 2.05) is 0 Å². The van der Waals surface area contributed by atoms with Crippen molar-refractivity contribution in [1.29, 1.82) is 0 Å². The van der Waals surface area contributed by atoms with Gasteiger partial charge in [0.25, 0.3) is 0 Å². The molecule has 2 aromatic rings. The summed E-state index contributed by atoms with van der Waals surface area (Å²) >= 11 is 0. The van der Waals surface area contributed by atoms with E-state index in [2.05, 4.69) is 19.9 Å². The first kappa shape index (κ1) is 14.2. The Labute approximate surface area is 121 Å². The van der Waals surface area contributed by atoms with E-state index in [1.54, 1.807) is 0 Å². The van der Waals surface area contributed by atoms with E-state index in [9.17, 15) is 12.8 Å². The van der Waals surface area contributed by atoms with Crippen LogP contribution in [0.4, 0.5) is 4.39 Å². The van der Waals surface area contributed by atoms with Crippen LogP contribution in [0.3, 0.4) is 0 Å². The highest BCUT2D eigenvalue weighted by molar-refractivity contribution is 7.89. The first-order valence-corrected chi connectivity index (χ1v) is 8.11. The minimum Gasteiger partial charge on any atom is -0.262 e. The molecule has 112 valence electrons. The number of hydrogen-bond donors (Lipinski definition) is 2.